The predicted octanol–water partition coefficient (Wildman–Crippen LogP) is 1.05. The van der Waals surface area contributed by atoms with Gasteiger partial charge in [-0.1, -0.05) is 24.3 Å². The summed E-state index contributed by atoms with van der Waals surface area (Å²) in [7, 11) is -9.58. The Kier molecular flexibility index (Phi) is 9.90. The normalized spacial score (nSPS) is 15.7. The molecule has 0 atom stereocenters. The van der Waals surface area contributed by atoms with Gasteiger partial charge in [-0.2, -0.15) is 46.7 Å². The summed E-state index contributed by atoms with van der Waals surface area (Å²) in [6.45, 7) is 4.11. The maximum Gasteiger partial charge on any atom is 0.295 e. The number of nitrogens with two attached hydrogens (primary N) is 2. The third-order valence-corrected chi connectivity index (χ3v) is 9.23. The molecule has 4 heterocycles. The maximum atomic E-state index is 12.4. The Morgan fingerprint density at radius 1 is 0.620 bits per heavy atom. The van der Waals surface area contributed by atoms with Crippen molar-refractivity contribution in [3.63, 3.8) is 0 Å². The molecule has 2 aromatic heterocycles. The minimum absolute atomic E-state index is 0.00186. The predicted molar refractivity (Wildman–Crippen MR) is 183 cm³/mol. The van der Waals surface area contributed by atoms with Crippen molar-refractivity contribution < 1.29 is 35.4 Å². The molecule has 2 saturated heterocycles. The van der Waals surface area contributed by atoms with Gasteiger partial charge in [-0.3, -0.25) is 9.11 Å². The van der Waals surface area contributed by atoms with Crippen LogP contribution in [0.15, 0.2) is 46.2 Å². The number of hydrogen-bond acceptors (Lipinski definition) is 18. The van der Waals surface area contributed by atoms with Gasteiger partial charge in [0.2, 0.25) is 35.7 Å². The van der Waals surface area contributed by atoms with Crippen LogP contribution in [0.3, 0.4) is 0 Å². The lowest BCUT2D eigenvalue weighted by Crippen LogP contribution is -2.37. The van der Waals surface area contributed by atoms with Crippen LogP contribution >= 0.6 is 0 Å². The van der Waals surface area contributed by atoms with Gasteiger partial charge < -0.3 is 41.4 Å². The monoisotopic (exact) mass is 728 g/mol. The Balaban J connectivity index is 1.26. The van der Waals surface area contributed by atoms with Gasteiger partial charge in [-0.25, -0.2) is 0 Å². The van der Waals surface area contributed by atoms with E-state index in [2.05, 4.69) is 40.5 Å². The van der Waals surface area contributed by atoms with E-state index in [4.69, 9.17) is 20.9 Å². The number of hydrogen-bond donors (Lipinski definition) is 6. The van der Waals surface area contributed by atoms with Crippen LogP contribution in [0, 0.1) is 0 Å². The molecule has 50 heavy (non-hydrogen) atoms. The Morgan fingerprint density at radius 3 is 1.36 bits per heavy atom. The van der Waals surface area contributed by atoms with Crippen molar-refractivity contribution in [3.05, 3.63) is 47.5 Å². The third-order valence-electron chi connectivity index (χ3n) is 7.41. The van der Waals surface area contributed by atoms with Crippen LogP contribution in [0.4, 0.5) is 47.1 Å². The van der Waals surface area contributed by atoms with Crippen molar-refractivity contribution in [1.82, 2.24) is 29.9 Å². The largest absolute Gasteiger partial charge is 0.378 e. The van der Waals surface area contributed by atoms with Gasteiger partial charge in [0.15, 0.2) is 0 Å². The Labute approximate surface area is 286 Å². The summed E-state index contributed by atoms with van der Waals surface area (Å²) in [6, 6.07) is 8.01. The van der Waals surface area contributed by atoms with Gasteiger partial charge in [0.25, 0.3) is 20.2 Å². The fourth-order valence-corrected chi connectivity index (χ4v) is 6.49. The lowest BCUT2D eigenvalue weighted by Gasteiger charge is -2.26. The number of nitrogen functional groups attached to an aromatic ring is 2. The number of nitrogens with one attached hydrogen (secondary N) is 2. The molecule has 4 aromatic rings. The van der Waals surface area contributed by atoms with E-state index in [0.717, 1.165) is 12.1 Å². The molecule has 2 fully saturated rings. The number of ether oxygens (including phenoxy) is 2. The quantitative estimate of drug-likeness (QED) is 0.0982. The molecule has 0 unspecified atom stereocenters. The molecule has 2 aromatic carbocycles. The van der Waals surface area contributed by atoms with Crippen molar-refractivity contribution in [1.29, 1.82) is 0 Å². The molecular weight excluding hydrogens is 697 g/mol. The molecule has 0 spiro atoms. The smallest absolute Gasteiger partial charge is 0.295 e. The molecule has 2 aliphatic heterocycles. The Hall–Kier alpha value is -5.26. The number of aromatic nitrogens is 6. The minimum Gasteiger partial charge on any atom is -0.378 e. The lowest BCUT2D eigenvalue weighted by molar-refractivity contribution is 0.122. The van der Waals surface area contributed by atoms with Crippen LogP contribution in [0.25, 0.3) is 12.2 Å². The van der Waals surface area contributed by atoms with Crippen molar-refractivity contribution in [3.8, 4) is 0 Å². The molecule has 0 saturated carbocycles. The Morgan fingerprint density at radius 2 is 1.00 bits per heavy atom. The zero-order valence-corrected chi connectivity index (χ0v) is 27.8. The summed E-state index contributed by atoms with van der Waals surface area (Å²) in [5.41, 5.74) is 12.1. The average Bonchev–Trinajstić information content (AvgIpc) is 3.07. The second kappa shape index (κ2) is 14.3. The van der Waals surface area contributed by atoms with E-state index in [1.165, 1.54) is 36.4 Å². The minimum atomic E-state index is -4.79. The number of nitrogens with zero attached hydrogens (tertiary/aromatic N) is 8. The first-order valence-corrected chi connectivity index (χ1v) is 17.8. The van der Waals surface area contributed by atoms with Gasteiger partial charge in [0, 0.05) is 37.6 Å². The van der Waals surface area contributed by atoms with Crippen LogP contribution < -0.4 is 31.9 Å². The van der Waals surface area contributed by atoms with Crippen molar-refractivity contribution >= 4 is 79.5 Å². The topological polar surface area (TPSA) is 287 Å². The highest BCUT2D eigenvalue weighted by Gasteiger charge is 2.21. The molecular formula is C28H32N12O8S2. The van der Waals surface area contributed by atoms with Gasteiger partial charge in [0.05, 0.1) is 26.4 Å². The summed E-state index contributed by atoms with van der Waals surface area (Å²) in [5, 5.41) is 5.74. The average molecular weight is 729 g/mol. The van der Waals surface area contributed by atoms with E-state index in [0.29, 0.717) is 64.5 Å². The highest BCUT2D eigenvalue weighted by molar-refractivity contribution is 7.86. The molecule has 22 heteroatoms. The van der Waals surface area contributed by atoms with E-state index in [-0.39, 0.29) is 46.3 Å². The second-order valence-electron chi connectivity index (χ2n) is 10.9. The van der Waals surface area contributed by atoms with Gasteiger partial charge in [0.1, 0.15) is 9.79 Å². The van der Waals surface area contributed by atoms with Crippen LogP contribution in [-0.2, 0) is 29.7 Å². The number of rotatable bonds is 10. The molecule has 0 aliphatic carbocycles. The van der Waals surface area contributed by atoms with Gasteiger partial charge >= 0.3 is 0 Å². The molecule has 0 radical (unpaired) electrons. The Bertz CT molecular complexity index is 1990. The van der Waals surface area contributed by atoms with Crippen LogP contribution in [0.5, 0.6) is 0 Å². The molecule has 0 amide bonds. The number of morpholine rings is 2. The van der Waals surface area contributed by atoms with Crippen molar-refractivity contribution in [2.45, 2.75) is 9.79 Å². The summed E-state index contributed by atoms with van der Waals surface area (Å²) in [5.74, 6) is 0.557. The van der Waals surface area contributed by atoms with Crippen LogP contribution in [0.1, 0.15) is 11.1 Å². The van der Waals surface area contributed by atoms with E-state index < -0.39 is 30.0 Å². The fourth-order valence-electron chi connectivity index (χ4n) is 5.07. The molecule has 20 nitrogen and oxygen atoms in total. The van der Waals surface area contributed by atoms with E-state index in [1.807, 2.05) is 9.80 Å². The third kappa shape index (κ3) is 8.47. The van der Waals surface area contributed by atoms with Crippen LogP contribution in [0.2, 0.25) is 0 Å². The highest BCUT2D eigenvalue weighted by atomic mass is 32.2. The number of anilines is 8. The first-order chi connectivity index (χ1) is 23.8. The maximum absolute atomic E-state index is 12.4. The van der Waals surface area contributed by atoms with E-state index >= 15 is 0 Å². The molecule has 0 bridgehead atoms. The molecule has 264 valence electrons. The molecule has 6 rings (SSSR count). The second-order valence-corrected chi connectivity index (χ2v) is 13.7. The van der Waals surface area contributed by atoms with Crippen LogP contribution in [-0.4, -0.2) is 108 Å². The zero-order chi connectivity index (χ0) is 35.5. The summed E-state index contributed by atoms with van der Waals surface area (Å²) in [6.07, 6.45) is 2.53. The summed E-state index contributed by atoms with van der Waals surface area (Å²) < 4.78 is 80.5. The molecule has 2 aliphatic rings. The zero-order valence-electron chi connectivity index (χ0n) is 26.2. The summed E-state index contributed by atoms with van der Waals surface area (Å²) >= 11 is 0. The van der Waals surface area contributed by atoms with Crippen molar-refractivity contribution in [2.24, 2.45) is 0 Å². The summed E-state index contributed by atoms with van der Waals surface area (Å²) in [4.78, 5) is 27.9. The first-order valence-electron chi connectivity index (χ1n) is 15.0. The van der Waals surface area contributed by atoms with E-state index in [9.17, 15) is 25.9 Å². The molecule has 8 N–H and O–H groups in total. The lowest BCUT2D eigenvalue weighted by atomic mass is 10.1. The fraction of sp³-hybridized carbons (Fsp3) is 0.286. The van der Waals surface area contributed by atoms with Gasteiger partial charge in [-0.05, 0) is 35.4 Å². The SMILES string of the molecule is Nc1nc(Nc2ccc(/C=C/c3ccc(Nc4nc(N)nc(N5CCOCC5)n4)cc3S(=O)(=O)O)c(S(=O)(=O)O)c2)nc(N2CCOCC2)n1. The first kappa shape index (κ1) is 34.6. The highest BCUT2D eigenvalue weighted by Crippen LogP contribution is 2.28. The number of benzene rings is 2. The van der Waals surface area contributed by atoms with Gasteiger partial charge in [-0.15, -0.1) is 0 Å². The van der Waals surface area contributed by atoms with E-state index in [1.54, 1.807) is 0 Å². The standard InChI is InChI=1S/C28H32N12O8S2/c29-23-33-25(37-27(35-23)39-7-11-47-12-8-39)31-19-5-3-17(21(15-19)49(41,42)43)1-2-18-4-6-20(16-22(18)50(44,45)46)32-26-34-24(30)36-28(38-26)40-9-13-48-14-10-40/h1-6,15-16H,7-14H2,(H,41,42,43)(H,44,45,46)(H3,29,31,33,35,37)(H3,30,32,34,36,38)/b2-1+. The van der Waals surface area contributed by atoms with Crippen molar-refractivity contribution in [2.75, 3.05) is 84.5 Å².